The van der Waals surface area contributed by atoms with Crippen LogP contribution in [0.1, 0.15) is 26.2 Å². The summed E-state index contributed by atoms with van der Waals surface area (Å²) in [5, 5.41) is 8.28. The first-order valence-corrected chi connectivity index (χ1v) is 5.26. The van der Waals surface area contributed by atoms with Crippen molar-refractivity contribution in [2.45, 2.75) is 32.2 Å². The van der Waals surface area contributed by atoms with Gasteiger partial charge in [-0.2, -0.15) is 8.42 Å². The van der Waals surface area contributed by atoms with Gasteiger partial charge in [0.15, 0.2) is 0 Å². The van der Waals surface area contributed by atoms with E-state index < -0.39 is 22.4 Å². The molecule has 0 aliphatic rings. The molecule has 0 bridgehead atoms. The Bertz CT molecular complexity index is 241. The molecule has 0 spiro atoms. The number of hydrogen-bond acceptors (Lipinski definition) is 4. The minimum atomic E-state index is -4.67. The van der Waals surface area contributed by atoms with E-state index in [-0.39, 0.29) is 0 Å². The molecule has 0 fully saturated rings. The lowest BCUT2D eigenvalue weighted by Gasteiger charge is -2.02. The quantitative estimate of drug-likeness (QED) is 0.495. The molecule has 0 aliphatic carbocycles. The van der Waals surface area contributed by atoms with Crippen LogP contribution in [0.15, 0.2) is 0 Å². The third-order valence-corrected chi connectivity index (χ3v) is 1.19. The van der Waals surface area contributed by atoms with Crippen molar-refractivity contribution in [2.75, 3.05) is 0 Å². The Labute approximate surface area is 82.5 Å². The molecule has 5 N–H and O–H groups in total. The Morgan fingerprint density at radius 2 is 1.79 bits per heavy atom. The normalized spacial score (nSPS) is 12.6. The van der Waals surface area contributed by atoms with Crippen LogP contribution in [0, 0.1) is 0 Å². The predicted octanol–water partition coefficient (Wildman–Crippen LogP) is -0.0643. The highest BCUT2D eigenvalue weighted by molar-refractivity contribution is 7.79. The van der Waals surface area contributed by atoms with Gasteiger partial charge < -0.3 is 10.8 Å². The molecular weight excluding hydrogens is 214 g/mol. The van der Waals surface area contributed by atoms with Crippen LogP contribution in [0.3, 0.4) is 0 Å². The van der Waals surface area contributed by atoms with Gasteiger partial charge in [-0.05, 0) is 6.42 Å². The van der Waals surface area contributed by atoms with Gasteiger partial charge in [0.1, 0.15) is 6.04 Å². The first kappa shape index (κ1) is 15.8. The predicted molar refractivity (Wildman–Crippen MR) is 49.3 cm³/mol. The van der Waals surface area contributed by atoms with Crippen molar-refractivity contribution >= 4 is 16.4 Å². The summed E-state index contributed by atoms with van der Waals surface area (Å²) in [7, 11) is -4.67. The lowest BCUT2D eigenvalue weighted by atomic mass is 10.1. The monoisotopic (exact) mass is 229 g/mol. The van der Waals surface area contributed by atoms with E-state index in [4.69, 9.17) is 28.4 Å². The fourth-order valence-corrected chi connectivity index (χ4v) is 0.548. The summed E-state index contributed by atoms with van der Waals surface area (Å²) in [6.07, 6.45) is 2.49. The molecule has 1 atom stereocenters. The van der Waals surface area contributed by atoms with Gasteiger partial charge in [-0.15, -0.1) is 0 Å². The second kappa shape index (κ2) is 7.68. The minimum absolute atomic E-state index is 0.589. The topological polar surface area (TPSA) is 138 Å². The molecule has 0 amide bonds. The number of carbonyl (C=O) groups is 1. The fraction of sp³-hybridized carbons (Fsp3) is 0.833. The number of hydrogen-bond donors (Lipinski definition) is 4. The maximum Gasteiger partial charge on any atom is 0.394 e. The summed E-state index contributed by atoms with van der Waals surface area (Å²) in [5.41, 5.74) is 5.20. The van der Waals surface area contributed by atoms with Gasteiger partial charge in [0, 0.05) is 0 Å². The first-order chi connectivity index (χ1) is 6.18. The smallest absolute Gasteiger partial charge is 0.394 e. The molecule has 0 aliphatic heterocycles. The lowest BCUT2D eigenvalue weighted by Crippen LogP contribution is -2.29. The van der Waals surface area contributed by atoms with Crippen molar-refractivity contribution in [1.29, 1.82) is 0 Å². The Balaban J connectivity index is 0. The molecule has 0 saturated carbocycles. The van der Waals surface area contributed by atoms with Crippen LogP contribution in [0.4, 0.5) is 0 Å². The fourth-order valence-electron chi connectivity index (χ4n) is 0.548. The Kier molecular flexibility index (Phi) is 8.65. The number of carboxylic acid groups (broad SMARTS) is 1. The third kappa shape index (κ3) is 22.5. The molecule has 0 aromatic carbocycles. The van der Waals surface area contributed by atoms with Crippen LogP contribution in [-0.4, -0.2) is 34.6 Å². The van der Waals surface area contributed by atoms with E-state index in [9.17, 15) is 4.79 Å². The van der Waals surface area contributed by atoms with Crippen LogP contribution in [0.5, 0.6) is 0 Å². The number of aliphatic carboxylic acids is 1. The summed E-state index contributed by atoms with van der Waals surface area (Å²) in [5.74, 6) is -0.900. The van der Waals surface area contributed by atoms with Crippen LogP contribution in [0.2, 0.25) is 0 Å². The van der Waals surface area contributed by atoms with Crippen molar-refractivity contribution < 1.29 is 27.4 Å². The first-order valence-electron chi connectivity index (χ1n) is 3.86. The van der Waals surface area contributed by atoms with E-state index >= 15 is 0 Å². The van der Waals surface area contributed by atoms with Gasteiger partial charge in [-0.1, -0.05) is 19.8 Å². The Morgan fingerprint density at radius 3 is 2.00 bits per heavy atom. The van der Waals surface area contributed by atoms with Crippen LogP contribution < -0.4 is 5.73 Å². The molecular formula is C6H15NO6S. The summed E-state index contributed by atoms with van der Waals surface area (Å²) in [6, 6.07) is -0.662. The van der Waals surface area contributed by atoms with Crippen molar-refractivity contribution in [3.63, 3.8) is 0 Å². The van der Waals surface area contributed by atoms with Crippen LogP contribution in [0.25, 0.3) is 0 Å². The second-order valence-electron chi connectivity index (χ2n) is 2.53. The molecule has 0 aromatic rings. The minimum Gasteiger partial charge on any atom is -0.480 e. The maximum absolute atomic E-state index is 10.1. The molecule has 0 rings (SSSR count). The van der Waals surface area contributed by atoms with Crippen molar-refractivity contribution in [1.82, 2.24) is 0 Å². The second-order valence-corrected chi connectivity index (χ2v) is 3.43. The van der Waals surface area contributed by atoms with Crippen LogP contribution >= 0.6 is 0 Å². The lowest BCUT2D eigenvalue weighted by molar-refractivity contribution is -0.138. The number of rotatable bonds is 4. The van der Waals surface area contributed by atoms with Gasteiger partial charge in [0.25, 0.3) is 0 Å². The van der Waals surface area contributed by atoms with Crippen molar-refractivity contribution in [3.8, 4) is 0 Å². The van der Waals surface area contributed by atoms with E-state index in [1.165, 1.54) is 0 Å². The molecule has 14 heavy (non-hydrogen) atoms. The largest absolute Gasteiger partial charge is 0.480 e. The van der Waals surface area contributed by atoms with Gasteiger partial charge in [-0.3, -0.25) is 13.9 Å². The highest BCUT2D eigenvalue weighted by Crippen LogP contribution is 1.96. The van der Waals surface area contributed by atoms with E-state index in [0.29, 0.717) is 6.42 Å². The number of carboxylic acids is 1. The average Bonchev–Trinajstić information content (AvgIpc) is 1.96. The van der Waals surface area contributed by atoms with Gasteiger partial charge >= 0.3 is 16.4 Å². The summed E-state index contributed by atoms with van der Waals surface area (Å²) in [6.45, 7) is 2.01. The van der Waals surface area contributed by atoms with Gasteiger partial charge in [-0.25, -0.2) is 0 Å². The third-order valence-electron chi connectivity index (χ3n) is 1.19. The zero-order valence-electron chi connectivity index (χ0n) is 7.75. The van der Waals surface area contributed by atoms with E-state index in [1.54, 1.807) is 0 Å². The zero-order valence-corrected chi connectivity index (χ0v) is 8.57. The molecule has 8 heteroatoms. The van der Waals surface area contributed by atoms with Crippen LogP contribution in [-0.2, 0) is 15.2 Å². The molecule has 0 heterocycles. The molecule has 0 saturated heterocycles. The molecule has 1 unspecified atom stereocenters. The zero-order chi connectivity index (χ0) is 11.8. The van der Waals surface area contributed by atoms with E-state index in [0.717, 1.165) is 12.8 Å². The standard InChI is InChI=1S/C6H13NO2.H2O4S/c1-2-3-4-5(7)6(8)9;1-5(2,3)4/h5H,2-4,7H2,1H3,(H,8,9);(H2,1,2,3,4). The Hall–Kier alpha value is -0.700. The summed E-state index contributed by atoms with van der Waals surface area (Å²) >= 11 is 0. The highest BCUT2D eigenvalue weighted by Gasteiger charge is 2.08. The van der Waals surface area contributed by atoms with E-state index in [1.807, 2.05) is 6.92 Å². The van der Waals surface area contributed by atoms with Gasteiger partial charge in [0.2, 0.25) is 0 Å². The van der Waals surface area contributed by atoms with Crippen molar-refractivity contribution in [2.24, 2.45) is 5.73 Å². The molecule has 0 radical (unpaired) electrons. The van der Waals surface area contributed by atoms with Crippen molar-refractivity contribution in [3.05, 3.63) is 0 Å². The summed E-state index contributed by atoms with van der Waals surface area (Å²) < 4.78 is 31.6. The van der Waals surface area contributed by atoms with Gasteiger partial charge in [0.05, 0.1) is 0 Å². The molecule has 7 nitrogen and oxygen atoms in total. The summed E-state index contributed by atoms with van der Waals surface area (Å²) in [4.78, 5) is 10.1. The number of unbranched alkanes of at least 4 members (excludes halogenated alkanes) is 1. The highest BCUT2D eigenvalue weighted by atomic mass is 32.3. The number of nitrogens with two attached hydrogens (primary N) is 1. The molecule has 86 valence electrons. The SMILES string of the molecule is CCCCC(N)C(=O)O.O=S(=O)(O)O. The Morgan fingerprint density at radius 1 is 1.43 bits per heavy atom. The molecule has 0 aromatic heterocycles. The maximum atomic E-state index is 10.1. The average molecular weight is 229 g/mol. The van der Waals surface area contributed by atoms with E-state index in [2.05, 4.69) is 0 Å².